The molecule has 1 aromatic heterocycles. The van der Waals surface area contributed by atoms with Gasteiger partial charge in [0.25, 0.3) is 0 Å². The van der Waals surface area contributed by atoms with E-state index in [-0.39, 0.29) is 18.1 Å². The summed E-state index contributed by atoms with van der Waals surface area (Å²) in [6, 6.07) is 0.169. The highest BCUT2D eigenvalue weighted by Crippen LogP contribution is 2.28. The van der Waals surface area contributed by atoms with E-state index >= 15 is 0 Å². The van der Waals surface area contributed by atoms with Crippen molar-refractivity contribution in [1.82, 2.24) is 9.97 Å². The number of nitrogens with zero attached hydrogens (tertiary/aromatic N) is 2. The summed E-state index contributed by atoms with van der Waals surface area (Å²) in [6.45, 7) is 8.73. The molecule has 0 fully saturated rings. The Labute approximate surface area is 115 Å². The normalized spacial score (nSPS) is 13.2. The van der Waals surface area contributed by atoms with Crippen LogP contribution in [0.4, 0.5) is 11.6 Å². The maximum absolute atomic E-state index is 9.22. The number of aromatic nitrogens is 2. The van der Waals surface area contributed by atoms with Crippen LogP contribution in [0.1, 0.15) is 39.7 Å². The molecule has 0 aliphatic heterocycles. The molecule has 0 amide bonds. The zero-order chi connectivity index (χ0) is 14.5. The summed E-state index contributed by atoms with van der Waals surface area (Å²) in [6.07, 6.45) is 3.12. The number of hydrogen-bond acceptors (Lipinski definition) is 5. The van der Waals surface area contributed by atoms with E-state index in [9.17, 15) is 5.11 Å². The van der Waals surface area contributed by atoms with Crippen LogP contribution in [0.25, 0.3) is 0 Å². The molecule has 0 aliphatic rings. The molecule has 0 radical (unpaired) electrons. The molecule has 1 heterocycles. The van der Waals surface area contributed by atoms with Crippen LogP contribution >= 0.6 is 0 Å². The molecule has 0 aromatic carbocycles. The molecule has 108 valence electrons. The number of anilines is 2. The Morgan fingerprint density at radius 2 is 1.89 bits per heavy atom. The van der Waals surface area contributed by atoms with Gasteiger partial charge in [-0.15, -0.1) is 0 Å². The first kappa shape index (κ1) is 15.7. The van der Waals surface area contributed by atoms with Crippen molar-refractivity contribution in [3.05, 3.63) is 11.9 Å². The Morgan fingerprint density at radius 1 is 1.26 bits per heavy atom. The fraction of sp³-hybridized carbons (Fsp3) is 0.714. The molecular formula is C14H26N4O. The van der Waals surface area contributed by atoms with Crippen molar-refractivity contribution in [3.8, 4) is 0 Å². The van der Waals surface area contributed by atoms with Crippen LogP contribution < -0.4 is 10.6 Å². The molecular weight excluding hydrogens is 240 g/mol. The van der Waals surface area contributed by atoms with Gasteiger partial charge in [0.15, 0.2) is 0 Å². The third-order valence-corrected chi connectivity index (χ3v) is 3.31. The lowest BCUT2D eigenvalue weighted by molar-refractivity contribution is 0.235. The largest absolute Gasteiger partial charge is 0.396 e. The van der Waals surface area contributed by atoms with Crippen molar-refractivity contribution in [2.24, 2.45) is 5.41 Å². The summed E-state index contributed by atoms with van der Waals surface area (Å²) < 4.78 is 0. The highest BCUT2D eigenvalue weighted by atomic mass is 16.3. The first-order chi connectivity index (χ1) is 8.93. The third-order valence-electron chi connectivity index (χ3n) is 3.31. The van der Waals surface area contributed by atoms with Gasteiger partial charge in [-0.25, -0.2) is 9.97 Å². The van der Waals surface area contributed by atoms with Crippen LogP contribution in [-0.2, 0) is 6.42 Å². The van der Waals surface area contributed by atoms with Gasteiger partial charge in [-0.05, 0) is 18.3 Å². The minimum Gasteiger partial charge on any atom is -0.396 e. The van der Waals surface area contributed by atoms with Gasteiger partial charge in [-0.1, -0.05) is 27.7 Å². The molecule has 0 spiro atoms. The first-order valence-electron chi connectivity index (χ1n) is 6.83. The molecule has 1 rings (SSSR count). The predicted octanol–water partition coefficient (Wildman–Crippen LogP) is 2.29. The van der Waals surface area contributed by atoms with E-state index in [1.807, 2.05) is 7.05 Å². The molecule has 0 aliphatic carbocycles. The molecule has 0 saturated heterocycles. The van der Waals surface area contributed by atoms with Gasteiger partial charge in [0.05, 0.1) is 0 Å². The molecule has 1 unspecified atom stereocenters. The molecule has 0 bridgehead atoms. The molecule has 3 N–H and O–H groups in total. The quantitative estimate of drug-likeness (QED) is 0.737. The summed E-state index contributed by atoms with van der Waals surface area (Å²) in [7, 11) is 1.86. The van der Waals surface area contributed by atoms with E-state index in [4.69, 9.17) is 0 Å². The summed E-state index contributed by atoms with van der Waals surface area (Å²) in [4.78, 5) is 8.58. The maximum atomic E-state index is 9.22. The Morgan fingerprint density at radius 3 is 2.37 bits per heavy atom. The van der Waals surface area contributed by atoms with Crippen LogP contribution in [0.2, 0.25) is 0 Å². The van der Waals surface area contributed by atoms with E-state index in [0.29, 0.717) is 6.42 Å². The van der Waals surface area contributed by atoms with Gasteiger partial charge >= 0.3 is 0 Å². The van der Waals surface area contributed by atoms with Gasteiger partial charge in [0, 0.05) is 25.3 Å². The Bertz CT molecular complexity index is 401. The number of hydrogen-bond donors (Lipinski definition) is 3. The third kappa shape index (κ3) is 4.06. The van der Waals surface area contributed by atoms with Crippen LogP contribution in [0.15, 0.2) is 6.33 Å². The first-order valence-corrected chi connectivity index (χ1v) is 6.83. The molecule has 1 aromatic rings. The van der Waals surface area contributed by atoms with Crippen molar-refractivity contribution >= 4 is 11.6 Å². The minimum absolute atomic E-state index is 0.0541. The second kappa shape index (κ2) is 6.70. The lowest BCUT2D eigenvalue weighted by atomic mass is 9.85. The van der Waals surface area contributed by atoms with Crippen molar-refractivity contribution < 1.29 is 5.11 Å². The highest BCUT2D eigenvalue weighted by molar-refractivity contribution is 5.57. The van der Waals surface area contributed by atoms with Crippen LogP contribution in [0.3, 0.4) is 0 Å². The zero-order valence-electron chi connectivity index (χ0n) is 12.6. The molecule has 19 heavy (non-hydrogen) atoms. The van der Waals surface area contributed by atoms with Gasteiger partial charge < -0.3 is 15.7 Å². The number of rotatable bonds is 6. The number of nitrogens with one attached hydrogen (secondary N) is 2. The van der Waals surface area contributed by atoms with E-state index in [1.165, 1.54) is 0 Å². The Hall–Kier alpha value is -1.36. The van der Waals surface area contributed by atoms with Crippen LogP contribution in [0, 0.1) is 5.41 Å². The number of aliphatic hydroxyl groups is 1. The Kier molecular flexibility index (Phi) is 5.54. The summed E-state index contributed by atoms with van der Waals surface area (Å²) in [5, 5.41) is 15.8. The SMILES string of the molecule is CCc1c(NC)ncnc1NC(CCO)C(C)(C)C. The van der Waals surface area contributed by atoms with Crippen molar-refractivity contribution in [2.75, 3.05) is 24.3 Å². The summed E-state index contributed by atoms with van der Waals surface area (Å²) in [5.74, 6) is 1.71. The second-order valence-corrected chi connectivity index (χ2v) is 5.73. The average Bonchev–Trinajstić information content (AvgIpc) is 2.36. The topological polar surface area (TPSA) is 70.1 Å². The van der Waals surface area contributed by atoms with Gasteiger partial charge in [-0.3, -0.25) is 0 Å². The minimum atomic E-state index is 0.0541. The Balaban J connectivity index is 3.02. The monoisotopic (exact) mass is 266 g/mol. The van der Waals surface area contributed by atoms with Crippen LogP contribution in [0.5, 0.6) is 0 Å². The van der Waals surface area contributed by atoms with Crippen molar-refractivity contribution in [3.63, 3.8) is 0 Å². The van der Waals surface area contributed by atoms with Crippen LogP contribution in [-0.4, -0.2) is 34.8 Å². The second-order valence-electron chi connectivity index (χ2n) is 5.73. The van der Waals surface area contributed by atoms with Gasteiger partial charge in [-0.2, -0.15) is 0 Å². The predicted molar refractivity (Wildman–Crippen MR) is 79.5 cm³/mol. The molecule has 5 nitrogen and oxygen atoms in total. The number of aliphatic hydroxyl groups excluding tert-OH is 1. The molecule has 5 heteroatoms. The zero-order valence-corrected chi connectivity index (χ0v) is 12.6. The molecule has 0 saturated carbocycles. The summed E-state index contributed by atoms with van der Waals surface area (Å²) in [5.41, 5.74) is 1.13. The van der Waals surface area contributed by atoms with E-state index in [1.54, 1.807) is 6.33 Å². The van der Waals surface area contributed by atoms with Gasteiger partial charge in [0.1, 0.15) is 18.0 Å². The summed E-state index contributed by atoms with van der Waals surface area (Å²) >= 11 is 0. The van der Waals surface area contributed by atoms with Gasteiger partial charge in [0.2, 0.25) is 0 Å². The van der Waals surface area contributed by atoms with E-state index < -0.39 is 0 Å². The fourth-order valence-corrected chi connectivity index (χ4v) is 2.10. The molecule has 1 atom stereocenters. The van der Waals surface area contributed by atoms with E-state index in [0.717, 1.165) is 23.6 Å². The van der Waals surface area contributed by atoms with E-state index in [2.05, 4.69) is 48.3 Å². The van der Waals surface area contributed by atoms with Crippen molar-refractivity contribution in [2.45, 2.75) is 46.6 Å². The van der Waals surface area contributed by atoms with Crippen molar-refractivity contribution in [1.29, 1.82) is 0 Å². The lowest BCUT2D eigenvalue weighted by Gasteiger charge is -2.32. The fourth-order valence-electron chi connectivity index (χ4n) is 2.10. The maximum Gasteiger partial charge on any atom is 0.134 e. The smallest absolute Gasteiger partial charge is 0.134 e. The average molecular weight is 266 g/mol. The highest BCUT2D eigenvalue weighted by Gasteiger charge is 2.25. The lowest BCUT2D eigenvalue weighted by Crippen LogP contribution is -2.35. The standard InChI is InChI=1S/C14H26N4O/c1-6-10-12(15-5)16-9-17-13(10)18-11(7-8-19)14(2,3)4/h9,11,19H,6-8H2,1-5H3,(H2,15,16,17,18).